The SMILES string of the molecule is COc1cc2c(OC)cc1CCCc1c(C#N)c(C#N)c(c(C#N)c1C#N)CCC2. The molecule has 0 aliphatic heterocycles. The predicted molar refractivity (Wildman–Crippen MR) is 109 cm³/mol. The highest BCUT2D eigenvalue weighted by Gasteiger charge is 2.24. The molecule has 4 aliphatic carbocycles. The average molecular weight is 396 g/mol. The first-order chi connectivity index (χ1) is 14.6. The first-order valence-corrected chi connectivity index (χ1v) is 9.69. The van der Waals surface area contributed by atoms with Gasteiger partial charge in [-0.25, -0.2) is 0 Å². The van der Waals surface area contributed by atoms with Gasteiger partial charge in [-0.1, -0.05) is 0 Å². The summed E-state index contributed by atoms with van der Waals surface area (Å²) in [5.41, 5.74) is 3.80. The highest BCUT2D eigenvalue weighted by atomic mass is 16.5. The Bertz CT molecular complexity index is 1020. The van der Waals surface area contributed by atoms with Crippen LogP contribution in [0.3, 0.4) is 0 Å². The van der Waals surface area contributed by atoms with Crippen LogP contribution in [-0.2, 0) is 25.7 Å². The third-order valence-electron chi connectivity index (χ3n) is 5.58. The lowest BCUT2D eigenvalue weighted by molar-refractivity contribution is 0.394. The van der Waals surface area contributed by atoms with Crippen molar-refractivity contribution in [3.8, 4) is 35.8 Å². The Hall–Kier alpha value is -4.00. The molecule has 2 aromatic carbocycles. The van der Waals surface area contributed by atoms with E-state index >= 15 is 0 Å². The number of aryl methyl sites for hydroxylation is 2. The van der Waals surface area contributed by atoms with Crippen molar-refractivity contribution < 1.29 is 9.47 Å². The summed E-state index contributed by atoms with van der Waals surface area (Å²) in [5.74, 6) is 1.57. The summed E-state index contributed by atoms with van der Waals surface area (Å²) in [6.07, 6.45) is 3.34. The first kappa shape index (κ1) is 20.7. The Morgan fingerprint density at radius 2 is 0.933 bits per heavy atom. The topological polar surface area (TPSA) is 114 Å². The monoisotopic (exact) mass is 396 g/mol. The first-order valence-electron chi connectivity index (χ1n) is 9.69. The number of ether oxygens (including phenoxy) is 2. The van der Waals surface area contributed by atoms with E-state index in [9.17, 15) is 21.0 Å². The summed E-state index contributed by atoms with van der Waals surface area (Å²) in [6, 6.07) is 12.5. The van der Waals surface area contributed by atoms with E-state index < -0.39 is 0 Å². The fourth-order valence-corrected chi connectivity index (χ4v) is 4.17. The minimum atomic E-state index is 0.221. The van der Waals surface area contributed by atoms with Gasteiger partial charge in [0.1, 0.15) is 35.8 Å². The van der Waals surface area contributed by atoms with E-state index in [1.54, 1.807) is 14.2 Å². The molecule has 0 amide bonds. The predicted octanol–water partition coefficient (Wildman–Crippen LogP) is 3.85. The van der Waals surface area contributed by atoms with Gasteiger partial charge in [0.25, 0.3) is 0 Å². The van der Waals surface area contributed by atoms with Gasteiger partial charge < -0.3 is 9.47 Å². The molecule has 0 saturated carbocycles. The van der Waals surface area contributed by atoms with Crippen LogP contribution in [0.5, 0.6) is 11.5 Å². The Labute approximate surface area is 176 Å². The van der Waals surface area contributed by atoms with Gasteiger partial charge in [0.2, 0.25) is 0 Å². The minimum Gasteiger partial charge on any atom is -0.496 e. The van der Waals surface area contributed by atoms with Crippen molar-refractivity contribution in [2.24, 2.45) is 0 Å². The molecule has 0 radical (unpaired) electrons. The summed E-state index contributed by atoms with van der Waals surface area (Å²) < 4.78 is 11.1. The number of hydrogen-bond donors (Lipinski definition) is 0. The van der Waals surface area contributed by atoms with Crippen LogP contribution in [0.1, 0.15) is 57.3 Å². The second-order valence-corrected chi connectivity index (χ2v) is 7.09. The fourth-order valence-electron chi connectivity index (χ4n) is 4.17. The van der Waals surface area contributed by atoms with Crippen molar-refractivity contribution in [2.75, 3.05) is 14.2 Å². The van der Waals surface area contributed by atoms with Crippen molar-refractivity contribution in [1.29, 1.82) is 21.0 Å². The van der Waals surface area contributed by atoms with Gasteiger partial charge in [-0.05, 0) is 72.9 Å². The molecule has 30 heavy (non-hydrogen) atoms. The molecule has 0 aromatic heterocycles. The zero-order valence-electron chi connectivity index (χ0n) is 17.0. The van der Waals surface area contributed by atoms with Crippen molar-refractivity contribution in [3.05, 3.63) is 56.6 Å². The molecule has 0 atom stereocenters. The number of methoxy groups -OCH3 is 2. The number of nitrogens with zero attached hydrogens (tertiary/aromatic N) is 4. The lowest BCUT2D eigenvalue weighted by Gasteiger charge is -2.18. The number of benzene rings is 2. The molecule has 2 aromatic rings. The van der Waals surface area contributed by atoms with Crippen molar-refractivity contribution >= 4 is 0 Å². The maximum absolute atomic E-state index is 9.77. The van der Waals surface area contributed by atoms with Crippen LogP contribution in [0.2, 0.25) is 0 Å². The number of nitriles is 4. The molecule has 6 rings (SSSR count). The third-order valence-corrected chi connectivity index (χ3v) is 5.58. The number of rotatable bonds is 2. The van der Waals surface area contributed by atoms with Gasteiger partial charge >= 0.3 is 0 Å². The van der Waals surface area contributed by atoms with E-state index in [1.807, 2.05) is 12.1 Å². The Morgan fingerprint density at radius 1 is 0.600 bits per heavy atom. The standard InChI is InChI=1S/C24H20N4O2/c1-29-23-9-16-6-4-8-18-21(13-27)19(11-25)17(20(12-26)22(18)14-28)7-3-5-15(23)10-24(16)30-2/h9-10H,3-8H2,1-2H3. The van der Waals surface area contributed by atoms with E-state index in [-0.39, 0.29) is 22.3 Å². The fraction of sp³-hybridized carbons (Fsp3) is 0.333. The molecular formula is C24H20N4O2. The Kier molecular flexibility index (Phi) is 6.22. The van der Waals surface area contributed by atoms with Gasteiger partial charge in [0.05, 0.1) is 36.5 Å². The van der Waals surface area contributed by atoms with Crippen LogP contribution < -0.4 is 9.47 Å². The van der Waals surface area contributed by atoms with Gasteiger partial charge in [-0.15, -0.1) is 0 Å². The van der Waals surface area contributed by atoms with Crippen LogP contribution in [0.25, 0.3) is 0 Å². The molecular weight excluding hydrogens is 376 g/mol. The van der Waals surface area contributed by atoms with Gasteiger partial charge in [-0.2, -0.15) is 21.0 Å². The molecule has 4 aliphatic rings. The maximum atomic E-state index is 9.77. The molecule has 4 bridgehead atoms. The molecule has 0 fully saturated rings. The summed E-state index contributed by atoms with van der Waals surface area (Å²) in [6.45, 7) is 0. The minimum absolute atomic E-state index is 0.221. The lowest BCUT2D eigenvalue weighted by atomic mass is 9.83. The third kappa shape index (κ3) is 3.53. The summed E-state index contributed by atoms with van der Waals surface area (Å²) >= 11 is 0. The van der Waals surface area contributed by atoms with E-state index in [4.69, 9.17) is 9.47 Å². The molecule has 0 saturated heterocycles. The van der Waals surface area contributed by atoms with Gasteiger partial charge in [-0.3, -0.25) is 0 Å². The molecule has 0 N–H and O–H groups in total. The molecule has 148 valence electrons. The highest BCUT2D eigenvalue weighted by molar-refractivity contribution is 5.67. The molecule has 6 nitrogen and oxygen atoms in total. The van der Waals surface area contributed by atoms with E-state index in [0.717, 1.165) is 22.6 Å². The highest BCUT2D eigenvalue weighted by Crippen LogP contribution is 2.34. The van der Waals surface area contributed by atoms with Crippen LogP contribution in [0.4, 0.5) is 0 Å². The summed E-state index contributed by atoms with van der Waals surface area (Å²) in [7, 11) is 3.27. The summed E-state index contributed by atoms with van der Waals surface area (Å²) in [4.78, 5) is 0. The zero-order valence-corrected chi connectivity index (χ0v) is 17.0. The van der Waals surface area contributed by atoms with Gasteiger partial charge in [0, 0.05) is 0 Å². The van der Waals surface area contributed by atoms with Crippen LogP contribution in [0.15, 0.2) is 12.1 Å². The normalized spacial score (nSPS) is 12.7. The van der Waals surface area contributed by atoms with Crippen LogP contribution in [-0.4, -0.2) is 14.2 Å². The average Bonchev–Trinajstić information content (AvgIpc) is 2.78. The van der Waals surface area contributed by atoms with Crippen molar-refractivity contribution in [2.45, 2.75) is 38.5 Å². The molecule has 0 unspecified atom stereocenters. The second-order valence-electron chi connectivity index (χ2n) is 7.09. The second kappa shape index (κ2) is 9.00. The van der Waals surface area contributed by atoms with E-state index in [2.05, 4.69) is 24.3 Å². The Morgan fingerprint density at radius 3 is 1.20 bits per heavy atom. The smallest absolute Gasteiger partial charge is 0.122 e. The van der Waals surface area contributed by atoms with E-state index in [0.29, 0.717) is 49.7 Å². The summed E-state index contributed by atoms with van der Waals surface area (Å²) in [5, 5.41) is 39.1. The quantitative estimate of drug-likeness (QED) is 0.761. The van der Waals surface area contributed by atoms with Crippen molar-refractivity contribution in [3.63, 3.8) is 0 Å². The zero-order chi connectivity index (χ0) is 21.7. The van der Waals surface area contributed by atoms with Crippen LogP contribution >= 0.6 is 0 Å². The van der Waals surface area contributed by atoms with Crippen molar-refractivity contribution in [1.82, 2.24) is 0 Å². The molecule has 0 spiro atoms. The molecule has 0 heterocycles. The van der Waals surface area contributed by atoms with Crippen LogP contribution in [0, 0.1) is 45.3 Å². The van der Waals surface area contributed by atoms with E-state index in [1.165, 1.54) is 0 Å². The largest absolute Gasteiger partial charge is 0.496 e. The lowest BCUT2D eigenvalue weighted by Crippen LogP contribution is -2.10. The Balaban J connectivity index is 2.23. The maximum Gasteiger partial charge on any atom is 0.122 e. The van der Waals surface area contributed by atoms with Gasteiger partial charge in [0.15, 0.2) is 0 Å². The molecule has 6 heteroatoms. The number of hydrogen-bond acceptors (Lipinski definition) is 6.